The Morgan fingerprint density at radius 2 is 2.03 bits per heavy atom. The number of nitrogens with two attached hydrogens (primary N) is 2. The number of carbonyl (C=O) groups is 1. The highest BCUT2D eigenvalue weighted by atomic mass is 35.5. The summed E-state index contributed by atoms with van der Waals surface area (Å²) in [5, 5.41) is 21.4. The molecule has 0 spiro atoms. The van der Waals surface area contributed by atoms with Crippen molar-refractivity contribution >= 4 is 29.0 Å². The van der Waals surface area contributed by atoms with Crippen LogP contribution >= 0.6 is 11.6 Å². The van der Waals surface area contributed by atoms with Gasteiger partial charge in [-0.25, -0.2) is 4.39 Å². The fraction of sp³-hybridized carbons (Fsp3) is 0.240. The summed E-state index contributed by atoms with van der Waals surface area (Å²) in [6.45, 7) is -0.0816. The number of rotatable bonds is 7. The van der Waals surface area contributed by atoms with Crippen molar-refractivity contribution in [2.24, 2.45) is 10.7 Å². The molecular weight excluding hydrogens is 471 g/mol. The Hall–Kier alpha value is -3.85. The third-order valence-corrected chi connectivity index (χ3v) is 6.29. The van der Waals surface area contributed by atoms with E-state index in [1.165, 1.54) is 12.1 Å². The van der Waals surface area contributed by atoms with Crippen LogP contribution in [0.1, 0.15) is 36.1 Å². The minimum absolute atomic E-state index is 0.0816. The number of halogens is 2. The molecule has 1 aliphatic carbocycles. The van der Waals surface area contributed by atoms with Crippen molar-refractivity contribution in [3.05, 3.63) is 81.7 Å². The summed E-state index contributed by atoms with van der Waals surface area (Å²) in [6.07, 6.45) is 2.70. The fourth-order valence-corrected chi connectivity index (χ4v) is 4.17. The van der Waals surface area contributed by atoms with Crippen LogP contribution in [0.3, 0.4) is 0 Å². The predicted octanol–water partition coefficient (Wildman–Crippen LogP) is 3.36. The van der Waals surface area contributed by atoms with Gasteiger partial charge in [0.15, 0.2) is 5.49 Å². The Kier molecular flexibility index (Phi) is 7.07. The summed E-state index contributed by atoms with van der Waals surface area (Å²) >= 11 is 6.62. The van der Waals surface area contributed by atoms with Gasteiger partial charge in [-0.1, -0.05) is 35.9 Å². The molecule has 0 unspecified atom stereocenters. The molecule has 1 amide bonds. The van der Waals surface area contributed by atoms with Crippen molar-refractivity contribution in [1.29, 1.82) is 5.41 Å². The molecule has 10 heteroatoms. The zero-order valence-electron chi connectivity index (χ0n) is 18.9. The highest BCUT2D eigenvalue weighted by Crippen LogP contribution is 2.32. The van der Waals surface area contributed by atoms with Crippen LogP contribution in [0, 0.1) is 11.2 Å². The second-order valence-electron chi connectivity index (χ2n) is 8.50. The van der Waals surface area contributed by atoms with Crippen LogP contribution in [0.4, 0.5) is 10.1 Å². The molecule has 0 atom stereocenters. The maximum Gasteiger partial charge on any atom is 0.226 e. The summed E-state index contributed by atoms with van der Waals surface area (Å²) in [6, 6.07) is 12.8. The lowest BCUT2D eigenvalue weighted by atomic mass is 9.94. The Bertz CT molecular complexity index is 1370. The molecule has 182 valence electrons. The lowest BCUT2D eigenvalue weighted by Gasteiger charge is -2.22. The van der Waals surface area contributed by atoms with Crippen molar-refractivity contribution in [3.63, 3.8) is 0 Å². The third-order valence-electron chi connectivity index (χ3n) is 5.99. The average Bonchev–Trinajstić information content (AvgIpc) is 2.78. The molecule has 0 saturated heterocycles. The van der Waals surface area contributed by atoms with E-state index in [4.69, 9.17) is 28.5 Å². The molecule has 3 aromatic rings. The molecule has 0 aliphatic heterocycles. The number of hydrogen-bond donors (Lipinski definition) is 5. The minimum Gasteiger partial charge on any atom is -0.427 e. The average molecular weight is 497 g/mol. The first kappa shape index (κ1) is 24.3. The van der Waals surface area contributed by atoms with Crippen LogP contribution in [0.15, 0.2) is 53.5 Å². The van der Waals surface area contributed by atoms with Crippen LogP contribution in [0.25, 0.3) is 11.1 Å². The highest BCUT2D eigenvalue weighted by molar-refractivity contribution is 6.33. The van der Waals surface area contributed by atoms with Gasteiger partial charge in [-0.3, -0.25) is 15.2 Å². The molecule has 1 saturated carbocycles. The first-order valence-electron chi connectivity index (χ1n) is 11.2. The number of benzene rings is 2. The minimum atomic E-state index is -0.583. The molecule has 4 rings (SSSR count). The van der Waals surface area contributed by atoms with Crippen LogP contribution in [0.2, 0.25) is 5.02 Å². The molecular formula is C25H26ClFN6O2. The van der Waals surface area contributed by atoms with Crippen molar-refractivity contribution in [3.8, 4) is 11.1 Å². The molecule has 1 fully saturated rings. The Morgan fingerprint density at radius 1 is 1.26 bits per heavy atom. The lowest BCUT2D eigenvalue weighted by molar-refractivity contribution is -0.120. The number of carbonyl (C=O) groups excluding carboxylic acids is 1. The summed E-state index contributed by atoms with van der Waals surface area (Å²) in [5.74, 6) is -1.28. The van der Waals surface area contributed by atoms with Crippen LogP contribution in [-0.4, -0.2) is 27.7 Å². The van der Waals surface area contributed by atoms with Gasteiger partial charge in [0.05, 0.1) is 23.2 Å². The Morgan fingerprint density at radius 3 is 2.66 bits per heavy atom. The number of nitrogen functional groups attached to an aromatic ring is 2. The summed E-state index contributed by atoms with van der Waals surface area (Å²) in [4.78, 5) is 17.4. The van der Waals surface area contributed by atoms with Crippen LogP contribution in [0.5, 0.6) is 0 Å². The molecule has 1 heterocycles. The number of nitrogens with zero attached hydrogens (tertiary/aromatic N) is 2. The van der Waals surface area contributed by atoms with E-state index >= 15 is 0 Å². The SMILES string of the molecule is N=C(N)c1ccc(CNC(=O)Cc2c(-c3cccc(N)c3)c(Cl)cc(=NC3CCC3)n2O)c(F)c1. The van der Waals surface area contributed by atoms with Gasteiger partial charge in [0, 0.05) is 35.0 Å². The van der Waals surface area contributed by atoms with E-state index in [0.29, 0.717) is 21.8 Å². The van der Waals surface area contributed by atoms with E-state index in [1.54, 1.807) is 30.3 Å². The molecule has 0 radical (unpaired) electrons. The van der Waals surface area contributed by atoms with Crippen molar-refractivity contribution in [2.45, 2.75) is 38.3 Å². The van der Waals surface area contributed by atoms with Gasteiger partial charge in [-0.2, -0.15) is 4.73 Å². The van der Waals surface area contributed by atoms with Crippen molar-refractivity contribution < 1.29 is 14.4 Å². The standard InChI is InChI=1S/C25H26ClFN6O2/c26-19-11-22(32-18-5-2-6-18)33(35)21(24(19)14-3-1-4-17(28)9-14)12-23(34)31-13-16-8-7-15(25(29)30)10-20(16)27/h1,3-4,7-11,18,35H,2,5-6,12-13,28H2,(H3,29,30)(H,31,34). The van der Waals surface area contributed by atoms with Gasteiger partial charge < -0.3 is 22.0 Å². The van der Waals surface area contributed by atoms with E-state index in [0.717, 1.165) is 30.1 Å². The predicted molar refractivity (Wildman–Crippen MR) is 133 cm³/mol. The summed E-state index contributed by atoms with van der Waals surface area (Å²) < 4.78 is 15.2. The van der Waals surface area contributed by atoms with Crippen molar-refractivity contribution in [2.75, 3.05) is 5.73 Å². The Labute approximate surface area is 206 Å². The molecule has 8 nitrogen and oxygen atoms in total. The summed E-state index contributed by atoms with van der Waals surface area (Å²) in [5.41, 5.74) is 13.9. The smallest absolute Gasteiger partial charge is 0.226 e. The number of hydrogen-bond acceptors (Lipinski definition) is 5. The number of amidine groups is 1. The number of aromatic nitrogens is 1. The van der Waals surface area contributed by atoms with Gasteiger partial charge in [0.1, 0.15) is 11.7 Å². The van der Waals surface area contributed by atoms with Crippen LogP contribution < -0.4 is 22.3 Å². The first-order chi connectivity index (χ1) is 16.7. The maximum absolute atomic E-state index is 14.4. The molecule has 1 aliphatic rings. The fourth-order valence-electron chi connectivity index (χ4n) is 3.85. The quantitative estimate of drug-likeness (QED) is 0.148. The van der Waals surface area contributed by atoms with E-state index in [2.05, 4.69) is 10.3 Å². The second kappa shape index (κ2) is 10.2. The van der Waals surface area contributed by atoms with Gasteiger partial charge in [0.25, 0.3) is 0 Å². The maximum atomic E-state index is 14.4. The topological polar surface area (TPSA) is 143 Å². The van der Waals surface area contributed by atoms with E-state index in [9.17, 15) is 14.4 Å². The molecule has 35 heavy (non-hydrogen) atoms. The van der Waals surface area contributed by atoms with E-state index in [1.807, 2.05) is 0 Å². The van der Waals surface area contributed by atoms with Gasteiger partial charge in [-0.15, -0.1) is 0 Å². The number of pyridine rings is 1. The molecule has 1 aromatic heterocycles. The number of nitrogens with one attached hydrogen (secondary N) is 2. The molecule has 2 aromatic carbocycles. The highest BCUT2D eigenvalue weighted by Gasteiger charge is 2.21. The normalized spacial score (nSPS) is 13.9. The van der Waals surface area contributed by atoms with E-state index in [-0.39, 0.29) is 47.2 Å². The summed E-state index contributed by atoms with van der Waals surface area (Å²) in [7, 11) is 0. The van der Waals surface area contributed by atoms with Crippen LogP contribution in [-0.2, 0) is 17.8 Å². The van der Waals surface area contributed by atoms with Gasteiger partial charge >= 0.3 is 0 Å². The molecule has 0 bridgehead atoms. The van der Waals surface area contributed by atoms with Gasteiger partial charge in [0.2, 0.25) is 5.91 Å². The zero-order valence-corrected chi connectivity index (χ0v) is 19.6. The lowest BCUT2D eigenvalue weighted by Crippen LogP contribution is -2.31. The van der Waals surface area contributed by atoms with E-state index < -0.39 is 11.7 Å². The Balaban J connectivity index is 1.65. The first-order valence-corrected chi connectivity index (χ1v) is 11.5. The number of anilines is 1. The largest absolute Gasteiger partial charge is 0.427 e. The molecule has 7 N–H and O–H groups in total. The van der Waals surface area contributed by atoms with Gasteiger partial charge in [-0.05, 0) is 43.0 Å². The number of amides is 1. The third kappa shape index (κ3) is 5.46. The second-order valence-corrected chi connectivity index (χ2v) is 8.90. The monoisotopic (exact) mass is 496 g/mol. The zero-order chi connectivity index (χ0) is 25.1. The van der Waals surface area contributed by atoms with Crippen molar-refractivity contribution in [1.82, 2.24) is 10.0 Å².